The summed E-state index contributed by atoms with van der Waals surface area (Å²) in [5, 5.41) is 9.36. The van der Waals surface area contributed by atoms with E-state index in [1.165, 1.54) is 5.56 Å². The first kappa shape index (κ1) is 8.70. The first-order chi connectivity index (χ1) is 6.36. The Kier molecular flexibility index (Phi) is 2.60. The van der Waals surface area contributed by atoms with Crippen molar-refractivity contribution >= 4 is 0 Å². The minimum Gasteiger partial charge on any atom is -0.393 e. The monoisotopic (exact) mass is 177 g/mol. The number of nitrogens with zero attached hydrogens (tertiary/aromatic N) is 1. The predicted molar refractivity (Wildman–Crippen MR) is 51.5 cm³/mol. The average Bonchev–Trinajstić information content (AvgIpc) is 2.20. The van der Waals surface area contributed by atoms with Crippen molar-refractivity contribution in [3.8, 4) is 0 Å². The number of pyridine rings is 1. The van der Waals surface area contributed by atoms with Gasteiger partial charge in [-0.15, -0.1) is 0 Å². The standard InChI is InChI=1S/C11H15NO/c13-11-5-3-9(4-6-11)10-2-1-7-12-8-10/h1-2,7-9,11,13H,3-6H2/t9-,11+. The van der Waals surface area contributed by atoms with E-state index < -0.39 is 0 Å². The highest BCUT2D eigenvalue weighted by atomic mass is 16.3. The predicted octanol–water partition coefficient (Wildman–Crippen LogP) is 2.10. The quantitative estimate of drug-likeness (QED) is 0.712. The molecule has 1 aliphatic rings. The molecule has 0 bridgehead atoms. The molecule has 0 amide bonds. The van der Waals surface area contributed by atoms with Crippen LogP contribution in [0.4, 0.5) is 0 Å². The van der Waals surface area contributed by atoms with Gasteiger partial charge in [-0.05, 0) is 43.2 Å². The SMILES string of the molecule is O[C@H]1CC[C@@H](c2cccnc2)CC1. The Labute approximate surface area is 78.6 Å². The summed E-state index contributed by atoms with van der Waals surface area (Å²) in [7, 11) is 0. The number of rotatable bonds is 1. The molecule has 2 rings (SSSR count). The van der Waals surface area contributed by atoms with Crippen LogP contribution in [0.2, 0.25) is 0 Å². The van der Waals surface area contributed by atoms with E-state index in [4.69, 9.17) is 0 Å². The van der Waals surface area contributed by atoms with Gasteiger partial charge in [0.15, 0.2) is 0 Å². The van der Waals surface area contributed by atoms with E-state index in [-0.39, 0.29) is 6.10 Å². The van der Waals surface area contributed by atoms with Crippen LogP contribution in [0.1, 0.15) is 37.2 Å². The molecule has 0 aromatic carbocycles. The summed E-state index contributed by atoms with van der Waals surface area (Å²) >= 11 is 0. The summed E-state index contributed by atoms with van der Waals surface area (Å²) in [4.78, 5) is 4.12. The van der Waals surface area contributed by atoms with Gasteiger partial charge in [0.1, 0.15) is 0 Å². The minimum atomic E-state index is -0.0621. The smallest absolute Gasteiger partial charge is 0.0540 e. The molecule has 0 radical (unpaired) electrons. The molecule has 13 heavy (non-hydrogen) atoms. The van der Waals surface area contributed by atoms with Gasteiger partial charge in [0.05, 0.1) is 6.10 Å². The summed E-state index contributed by atoms with van der Waals surface area (Å²) in [6, 6.07) is 4.12. The van der Waals surface area contributed by atoms with Crippen molar-refractivity contribution in [2.75, 3.05) is 0 Å². The number of aromatic nitrogens is 1. The lowest BCUT2D eigenvalue weighted by atomic mass is 9.83. The van der Waals surface area contributed by atoms with Gasteiger partial charge in [-0.1, -0.05) is 6.07 Å². The summed E-state index contributed by atoms with van der Waals surface area (Å²) in [6.45, 7) is 0. The maximum Gasteiger partial charge on any atom is 0.0540 e. The van der Waals surface area contributed by atoms with Crippen LogP contribution in [-0.2, 0) is 0 Å². The summed E-state index contributed by atoms with van der Waals surface area (Å²) in [6.07, 6.45) is 7.79. The lowest BCUT2D eigenvalue weighted by molar-refractivity contribution is 0.122. The van der Waals surface area contributed by atoms with Gasteiger partial charge >= 0.3 is 0 Å². The van der Waals surface area contributed by atoms with Crippen molar-refractivity contribution < 1.29 is 5.11 Å². The zero-order valence-corrected chi connectivity index (χ0v) is 7.69. The second kappa shape index (κ2) is 3.88. The molecule has 0 unspecified atom stereocenters. The van der Waals surface area contributed by atoms with Crippen LogP contribution < -0.4 is 0 Å². The highest BCUT2D eigenvalue weighted by Gasteiger charge is 2.20. The molecule has 1 N–H and O–H groups in total. The fraction of sp³-hybridized carbons (Fsp3) is 0.545. The van der Waals surface area contributed by atoms with E-state index in [0.29, 0.717) is 5.92 Å². The Morgan fingerprint density at radius 3 is 2.62 bits per heavy atom. The van der Waals surface area contributed by atoms with Crippen molar-refractivity contribution in [2.24, 2.45) is 0 Å². The molecule has 1 fully saturated rings. The number of hydrogen-bond acceptors (Lipinski definition) is 2. The molecule has 1 aliphatic carbocycles. The van der Waals surface area contributed by atoms with Crippen LogP contribution in [0.5, 0.6) is 0 Å². The maximum absolute atomic E-state index is 9.36. The second-order valence-corrected chi connectivity index (χ2v) is 3.79. The second-order valence-electron chi connectivity index (χ2n) is 3.79. The van der Waals surface area contributed by atoms with Crippen molar-refractivity contribution in [3.05, 3.63) is 30.1 Å². The van der Waals surface area contributed by atoms with Gasteiger partial charge in [-0.3, -0.25) is 4.98 Å². The van der Waals surface area contributed by atoms with Gasteiger partial charge in [0.2, 0.25) is 0 Å². The van der Waals surface area contributed by atoms with Gasteiger partial charge in [-0.25, -0.2) is 0 Å². The van der Waals surface area contributed by atoms with Crippen LogP contribution in [0.15, 0.2) is 24.5 Å². The van der Waals surface area contributed by atoms with E-state index in [1.807, 2.05) is 12.3 Å². The molecule has 0 saturated heterocycles. The van der Waals surface area contributed by atoms with Crippen LogP contribution >= 0.6 is 0 Å². The van der Waals surface area contributed by atoms with Crippen LogP contribution in [0.25, 0.3) is 0 Å². The fourth-order valence-corrected chi connectivity index (χ4v) is 2.03. The lowest BCUT2D eigenvalue weighted by Crippen LogP contribution is -2.16. The van der Waals surface area contributed by atoms with E-state index >= 15 is 0 Å². The zero-order chi connectivity index (χ0) is 9.10. The Balaban J connectivity index is 2.03. The molecule has 1 aromatic heterocycles. The molecular formula is C11H15NO. The third-order valence-electron chi connectivity index (χ3n) is 2.85. The molecule has 0 atom stereocenters. The molecule has 0 spiro atoms. The van der Waals surface area contributed by atoms with Crippen molar-refractivity contribution in [1.29, 1.82) is 0 Å². The molecule has 2 nitrogen and oxygen atoms in total. The zero-order valence-electron chi connectivity index (χ0n) is 7.69. The van der Waals surface area contributed by atoms with Gasteiger partial charge in [-0.2, -0.15) is 0 Å². The van der Waals surface area contributed by atoms with Crippen molar-refractivity contribution in [1.82, 2.24) is 4.98 Å². The maximum atomic E-state index is 9.36. The van der Waals surface area contributed by atoms with Crippen LogP contribution in [0, 0.1) is 0 Å². The Hall–Kier alpha value is -0.890. The van der Waals surface area contributed by atoms with E-state index in [0.717, 1.165) is 25.7 Å². The molecule has 0 aliphatic heterocycles. The van der Waals surface area contributed by atoms with Gasteiger partial charge in [0, 0.05) is 12.4 Å². The highest BCUT2D eigenvalue weighted by Crippen LogP contribution is 2.32. The normalized spacial score (nSPS) is 28.7. The topological polar surface area (TPSA) is 33.1 Å². The third-order valence-corrected chi connectivity index (χ3v) is 2.85. The minimum absolute atomic E-state index is 0.0621. The molecule has 1 saturated carbocycles. The van der Waals surface area contributed by atoms with Crippen LogP contribution in [0.3, 0.4) is 0 Å². The summed E-state index contributed by atoms with van der Waals surface area (Å²) < 4.78 is 0. The van der Waals surface area contributed by atoms with Gasteiger partial charge < -0.3 is 5.11 Å². The van der Waals surface area contributed by atoms with Gasteiger partial charge in [0.25, 0.3) is 0 Å². The van der Waals surface area contributed by atoms with E-state index in [1.54, 1.807) is 6.20 Å². The summed E-state index contributed by atoms with van der Waals surface area (Å²) in [5.74, 6) is 0.622. The number of aliphatic hydroxyl groups is 1. The molecular weight excluding hydrogens is 162 g/mol. The fourth-order valence-electron chi connectivity index (χ4n) is 2.03. The Bertz CT molecular complexity index is 252. The highest BCUT2D eigenvalue weighted by molar-refractivity contribution is 5.15. The molecule has 1 heterocycles. The Morgan fingerprint density at radius 1 is 1.23 bits per heavy atom. The van der Waals surface area contributed by atoms with Crippen molar-refractivity contribution in [2.45, 2.75) is 37.7 Å². The summed E-state index contributed by atoms with van der Waals surface area (Å²) in [5.41, 5.74) is 1.33. The van der Waals surface area contributed by atoms with E-state index in [2.05, 4.69) is 11.1 Å². The molecule has 2 heteroatoms. The Morgan fingerprint density at radius 2 is 2.00 bits per heavy atom. The number of aliphatic hydroxyl groups excluding tert-OH is 1. The first-order valence-corrected chi connectivity index (χ1v) is 4.94. The lowest BCUT2D eigenvalue weighted by Gasteiger charge is -2.25. The van der Waals surface area contributed by atoms with Crippen molar-refractivity contribution in [3.63, 3.8) is 0 Å². The molecule has 1 aromatic rings. The average molecular weight is 177 g/mol. The first-order valence-electron chi connectivity index (χ1n) is 4.94. The third kappa shape index (κ3) is 2.07. The van der Waals surface area contributed by atoms with Crippen LogP contribution in [-0.4, -0.2) is 16.2 Å². The largest absolute Gasteiger partial charge is 0.393 e. The molecule has 70 valence electrons. The van der Waals surface area contributed by atoms with E-state index in [9.17, 15) is 5.11 Å². The number of hydrogen-bond donors (Lipinski definition) is 1.